The molecule has 2 aromatic heterocycles. The van der Waals surface area contributed by atoms with Gasteiger partial charge in [0.2, 0.25) is 5.82 Å². The highest BCUT2D eigenvalue weighted by molar-refractivity contribution is 9.10. The Balaban J connectivity index is 2.01. The molecule has 0 amide bonds. The number of nitrogens with zero attached hydrogens (tertiary/aromatic N) is 3. The molecule has 100 valence electrons. The van der Waals surface area contributed by atoms with Crippen LogP contribution in [-0.2, 0) is 0 Å². The summed E-state index contributed by atoms with van der Waals surface area (Å²) in [5.41, 5.74) is 7.70. The Morgan fingerprint density at radius 1 is 1.20 bits per heavy atom. The van der Waals surface area contributed by atoms with E-state index in [2.05, 4.69) is 31.1 Å². The fourth-order valence-electron chi connectivity index (χ4n) is 1.65. The molecule has 0 saturated carbocycles. The van der Waals surface area contributed by atoms with Crippen molar-refractivity contribution >= 4 is 33.2 Å². The van der Waals surface area contributed by atoms with Crippen molar-refractivity contribution < 1.29 is 4.52 Å². The van der Waals surface area contributed by atoms with Crippen molar-refractivity contribution in [2.45, 2.75) is 0 Å². The van der Waals surface area contributed by atoms with Crippen LogP contribution in [0.2, 0.25) is 5.02 Å². The van der Waals surface area contributed by atoms with Crippen LogP contribution in [0.4, 0.5) is 5.69 Å². The van der Waals surface area contributed by atoms with Crippen molar-refractivity contribution in [1.82, 2.24) is 15.1 Å². The number of pyridine rings is 1. The highest BCUT2D eigenvalue weighted by Gasteiger charge is 2.14. The summed E-state index contributed by atoms with van der Waals surface area (Å²) in [4.78, 5) is 8.46. The summed E-state index contributed by atoms with van der Waals surface area (Å²) in [6.07, 6.45) is 1.53. The van der Waals surface area contributed by atoms with Gasteiger partial charge in [-0.3, -0.25) is 4.98 Å². The van der Waals surface area contributed by atoms with E-state index in [1.807, 2.05) is 6.07 Å². The summed E-state index contributed by atoms with van der Waals surface area (Å²) < 4.78 is 6.08. The minimum atomic E-state index is 0.371. The molecule has 20 heavy (non-hydrogen) atoms. The van der Waals surface area contributed by atoms with E-state index in [1.54, 1.807) is 24.3 Å². The Hall–Kier alpha value is -1.92. The first-order chi connectivity index (χ1) is 9.63. The minimum absolute atomic E-state index is 0.371. The zero-order valence-corrected chi connectivity index (χ0v) is 12.4. The van der Waals surface area contributed by atoms with Gasteiger partial charge in [0.1, 0.15) is 5.69 Å². The predicted molar refractivity (Wildman–Crippen MR) is 80.1 cm³/mol. The zero-order valence-electron chi connectivity index (χ0n) is 10.0. The summed E-state index contributed by atoms with van der Waals surface area (Å²) >= 11 is 9.22. The van der Waals surface area contributed by atoms with Gasteiger partial charge in [-0.1, -0.05) is 16.8 Å². The van der Waals surface area contributed by atoms with Crippen LogP contribution in [0, 0.1) is 0 Å². The molecule has 0 fully saturated rings. The van der Waals surface area contributed by atoms with Crippen LogP contribution in [-0.4, -0.2) is 15.1 Å². The van der Waals surface area contributed by atoms with E-state index in [-0.39, 0.29) is 0 Å². The molecule has 0 saturated heterocycles. The minimum Gasteiger partial charge on any atom is -0.399 e. The van der Waals surface area contributed by atoms with Gasteiger partial charge in [-0.05, 0) is 46.3 Å². The van der Waals surface area contributed by atoms with E-state index < -0.39 is 0 Å². The Morgan fingerprint density at radius 3 is 2.80 bits per heavy atom. The molecule has 0 bridgehead atoms. The van der Waals surface area contributed by atoms with E-state index in [1.165, 1.54) is 6.20 Å². The standard InChI is InChI=1S/C13H8BrClN4O/c14-10-3-2-8(16)5-9(10)13-18-12(19-20-13)11-4-1-7(15)6-17-11/h1-6H,16H2. The second kappa shape index (κ2) is 5.22. The number of anilines is 1. The fourth-order valence-corrected chi connectivity index (χ4v) is 2.18. The average Bonchev–Trinajstić information content (AvgIpc) is 2.92. The lowest BCUT2D eigenvalue weighted by Gasteiger charge is -1.99. The van der Waals surface area contributed by atoms with Crippen LogP contribution < -0.4 is 5.73 Å². The highest BCUT2D eigenvalue weighted by atomic mass is 79.9. The summed E-state index contributed by atoms with van der Waals surface area (Å²) in [6, 6.07) is 8.82. The lowest BCUT2D eigenvalue weighted by Crippen LogP contribution is -1.88. The van der Waals surface area contributed by atoms with Gasteiger partial charge in [-0.25, -0.2) is 0 Å². The molecule has 0 aliphatic carbocycles. The maximum absolute atomic E-state index is 5.79. The van der Waals surface area contributed by atoms with E-state index in [0.29, 0.717) is 28.1 Å². The molecule has 2 N–H and O–H groups in total. The Bertz CT molecular complexity index is 757. The van der Waals surface area contributed by atoms with Crippen molar-refractivity contribution in [2.24, 2.45) is 0 Å². The lowest BCUT2D eigenvalue weighted by atomic mass is 10.2. The first kappa shape index (κ1) is 13.1. The lowest BCUT2D eigenvalue weighted by molar-refractivity contribution is 0.432. The molecule has 3 aromatic rings. The Kier molecular flexibility index (Phi) is 3.42. The third-order valence-corrected chi connectivity index (χ3v) is 3.52. The number of benzene rings is 1. The molecular weight excluding hydrogens is 344 g/mol. The molecule has 0 aliphatic rings. The molecule has 0 unspecified atom stereocenters. The van der Waals surface area contributed by atoms with Crippen LogP contribution in [0.5, 0.6) is 0 Å². The molecule has 7 heteroatoms. The largest absolute Gasteiger partial charge is 0.399 e. The van der Waals surface area contributed by atoms with E-state index in [4.69, 9.17) is 21.9 Å². The topological polar surface area (TPSA) is 77.8 Å². The summed E-state index contributed by atoms with van der Waals surface area (Å²) in [6.45, 7) is 0. The van der Waals surface area contributed by atoms with Gasteiger partial charge in [0.05, 0.1) is 10.6 Å². The van der Waals surface area contributed by atoms with E-state index in [9.17, 15) is 0 Å². The normalized spacial score (nSPS) is 10.7. The first-order valence-corrected chi connectivity index (χ1v) is 6.81. The van der Waals surface area contributed by atoms with Gasteiger partial charge in [-0.15, -0.1) is 0 Å². The second-order valence-electron chi connectivity index (χ2n) is 4.02. The van der Waals surface area contributed by atoms with Crippen LogP contribution >= 0.6 is 27.5 Å². The van der Waals surface area contributed by atoms with Gasteiger partial charge in [0.15, 0.2) is 0 Å². The number of aromatic nitrogens is 3. The Morgan fingerprint density at radius 2 is 2.05 bits per heavy atom. The number of hydrogen-bond donors (Lipinski definition) is 1. The number of halogens is 2. The molecule has 0 aliphatic heterocycles. The summed E-state index contributed by atoms with van der Waals surface area (Å²) in [5.74, 6) is 0.766. The number of hydrogen-bond acceptors (Lipinski definition) is 5. The summed E-state index contributed by atoms with van der Waals surface area (Å²) in [5, 5.41) is 4.46. The average molecular weight is 352 g/mol. The molecular formula is C13H8BrClN4O. The molecule has 0 atom stereocenters. The zero-order chi connectivity index (χ0) is 14.1. The maximum atomic E-state index is 5.79. The highest BCUT2D eigenvalue weighted by Crippen LogP contribution is 2.30. The van der Waals surface area contributed by atoms with Gasteiger partial charge < -0.3 is 10.3 Å². The van der Waals surface area contributed by atoms with E-state index in [0.717, 1.165) is 10.0 Å². The molecule has 1 aromatic carbocycles. The second-order valence-corrected chi connectivity index (χ2v) is 5.31. The van der Waals surface area contributed by atoms with Gasteiger partial charge in [0.25, 0.3) is 5.89 Å². The monoisotopic (exact) mass is 350 g/mol. The molecule has 3 rings (SSSR count). The maximum Gasteiger partial charge on any atom is 0.259 e. The van der Waals surface area contributed by atoms with Crippen LogP contribution in [0.1, 0.15) is 0 Å². The fraction of sp³-hybridized carbons (Fsp3) is 0. The van der Waals surface area contributed by atoms with Gasteiger partial charge in [0, 0.05) is 16.4 Å². The van der Waals surface area contributed by atoms with Crippen molar-refractivity contribution in [2.75, 3.05) is 5.73 Å². The van der Waals surface area contributed by atoms with Gasteiger partial charge >= 0.3 is 0 Å². The smallest absolute Gasteiger partial charge is 0.259 e. The number of nitrogens with two attached hydrogens (primary N) is 1. The van der Waals surface area contributed by atoms with Crippen LogP contribution in [0.25, 0.3) is 23.0 Å². The molecule has 0 spiro atoms. The van der Waals surface area contributed by atoms with Crippen molar-refractivity contribution in [3.63, 3.8) is 0 Å². The van der Waals surface area contributed by atoms with Crippen molar-refractivity contribution in [3.05, 3.63) is 46.0 Å². The molecule has 5 nitrogen and oxygen atoms in total. The molecule has 2 heterocycles. The third kappa shape index (κ3) is 2.52. The Labute approximate surface area is 127 Å². The van der Waals surface area contributed by atoms with Crippen LogP contribution in [0.15, 0.2) is 45.5 Å². The third-order valence-electron chi connectivity index (χ3n) is 2.60. The van der Waals surface area contributed by atoms with Crippen molar-refractivity contribution in [1.29, 1.82) is 0 Å². The predicted octanol–water partition coefficient (Wildman–Crippen LogP) is 3.80. The van der Waals surface area contributed by atoms with Crippen LogP contribution in [0.3, 0.4) is 0 Å². The number of nitrogen functional groups attached to an aromatic ring is 1. The van der Waals surface area contributed by atoms with Gasteiger partial charge in [-0.2, -0.15) is 4.98 Å². The quantitative estimate of drug-likeness (QED) is 0.711. The summed E-state index contributed by atoms with van der Waals surface area (Å²) in [7, 11) is 0. The van der Waals surface area contributed by atoms with Crippen molar-refractivity contribution in [3.8, 4) is 23.0 Å². The first-order valence-electron chi connectivity index (χ1n) is 5.64. The SMILES string of the molecule is Nc1ccc(Br)c(-c2nc(-c3ccc(Cl)cn3)no2)c1. The van der Waals surface area contributed by atoms with E-state index >= 15 is 0 Å². The molecule has 0 radical (unpaired) electrons. The number of rotatable bonds is 2.